The van der Waals surface area contributed by atoms with Gasteiger partial charge in [0.15, 0.2) is 0 Å². The first-order chi connectivity index (χ1) is 15.7. The zero-order valence-corrected chi connectivity index (χ0v) is 17.3. The van der Waals surface area contributed by atoms with Crippen molar-refractivity contribution in [3.05, 3.63) is 89.1 Å². The normalized spacial score (nSPS) is 11.3. The number of alkyl halides is 3. The number of carbonyl (C=O) groups is 2. The molecule has 2 N–H and O–H groups in total. The molecule has 0 fully saturated rings. The Morgan fingerprint density at radius 3 is 2.21 bits per heavy atom. The minimum Gasteiger partial charge on any atom is -0.449 e. The molecule has 4 aromatic rings. The van der Waals surface area contributed by atoms with Gasteiger partial charge in [0.25, 0.3) is 11.8 Å². The standard InChI is InChI=1S/C23H14ClF3N2O4/c24-17-7-3-1-5-15(17)21(30)29-19-16-6-2-4-8-18(16)32-20(19)22(31)28-13-9-11-14(12-10-13)33-23(25,26)27/h1-12H,(H,28,31)(H,29,30). The maximum atomic E-state index is 12.9. The molecule has 6 nitrogen and oxygen atoms in total. The Labute approximate surface area is 189 Å². The second-order valence-corrected chi connectivity index (χ2v) is 7.17. The van der Waals surface area contributed by atoms with E-state index in [-0.39, 0.29) is 27.7 Å². The van der Waals surface area contributed by atoms with Crippen molar-refractivity contribution in [2.45, 2.75) is 6.36 Å². The quantitative estimate of drug-likeness (QED) is 0.346. The second kappa shape index (κ2) is 8.87. The molecule has 2 amide bonds. The predicted molar refractivity (Wildman–Crippen MR) is 117 cm³/mol. The summed E-state index contributed by atoms with van der Waals surface area (Å²) in [5.41, 5.74) is 0.880. The largest absolute Gasteiger partial charge is 0.573 e. The number of amides is 2. The third-order valence-electron chi connectivity index (χ3n) is 4.50. The molecule has 0 spiro atoms. The van der Waals surface area contributed by atoms with Gasteiger partial charge in [-0.3, -0.25) is 9.59 Å². The number of fused-ring (bicyclic) bond motifs is 1. The molecule has 0 saturated heterocycles. The fraction of sp³-hybridized carbons (Fsp3) is 0.0435. The lowest BCUT2D eigenvalue weighted by molar-refractivity contribution is -0.274. The van der Waals surface area contributed by atoms with Crippen LogP contribution in [-0.4, -0.2) is 18.2 Å². The van der Waals surface area contributed by atoms with Crippen LogP contribution in [0.1, 0.15) is 20.9 Å². The first-order valence-electron chi connectivity index (χ1n) is 9.46. The zero-order chi connectivity index (χ0) is 23.6. The van der Waals surface area contributed by atoms with Crippen molar-refractivity contribution in [1.29, 1.82) is 0 Å². The highest BCUT2D eigenvalue weighted by molar-refractivity contribution is 6.34. The Kier molecular flexibility index (Phi) is 5.97. The lowest BCUT2D eigenvalue weighted by atomic mass is 10.1. The first-order valence-corrected chi connectivity index (χ1v) is 9.83. The molecular weight excluding hydrogens is 461 g/mol. The van der Waals surface area contributed by atoms with E-state index in [0.29, 0.717) is 11.0 Å². The van der Waals surface area contributed by atoms with E-state index in [1.54, 1.807) is 42.5 Å². The second-order valence-electron chi connectivity index (χ2n) is 6.76. The summed E-state index contributed by atoms with van der Waals surface area (Å²) in [6, 6.07) is 17.7. The Morgan fingerprint density at radius 2 is 1.52 bits per heavy atom. The summed E-state index contributed by atoms with van der Waals surface area (Å²) >= 11 is 6.10. The van der Waals surface area contributed by atoms with Crippen LogP contribution in [0.2, 0.25) is 5.02 Å². The summed E-state index contributed by atoms with van der Waals surface area (Å²) in [5, 5.41) is 5.91. The van der Waals surface area contributed by atoms with E-state index >= 15 is 0 Å². The van der Waals surface area contributed by atoms with Crippen molar-refractivity contribution >= 4 is 45.8 Å². The highest BCUT2D eigenvalue weighted by Crippen LogP contribution is 2.32. The molecule has 0 saturated carbocycles. The SMILES string of the molecule is O=C(Nc1c(C(=O)Nc2ccc(OC(F)(F)F)cc2)oc2ccccc12)c1ccccc1Cl. The average Bonchev–Trinajstić information content (AvgIpc) is 3.13. The molecule has 0 atom stereocenters. The van der Waals surface area contributed by atoms with Crippen molar-refractivity contribution in [3.8, 4) is 5.75 Å². The highest BCUT2D eigenvalue weighted by atomic mass is 35.5. The molecule has 0 aliphatic heterocycles. The summed E-state index contributed by atoms with van der Waals surface area (Å²) in [4.78, 5) is 25.7. The van der Waals surface area contributed by atoms with Gasteiger partial charge < -0.3 is 19.8 Å². The van der Waals surface area contributed by atoms with Crippen LogP contribution in [0, 0.1) is 0 Å². The fourth-order valence-corrected chi connectivity index (χ4v) is 3.31. The van der Waals surface area contributed by atoms with Crippen molar-refractivity contribution < 1.29 is 31.9 Å². The fourth-order valence-electron chi connectivity index (χ4n) is 3.08. The van der Waals surface area contributed by atoms with Crippen LogP contribution in [0.25, 0.3) is 11.0 Å². The van der Waals surface area contributed by atoms with Crippen molar-refractivity contribution in [2.75, 3.05) is 10.6 Å². The molecule has 0 unspecified atom stereocenters. The van der Waals surface area contributed by atoms with E-state index in [2.05, 4.69) is 15.4 Å². The highest BCUT2D eigenvalue weighted by Gasteiger charge is 2.31. The number of furan rings is 1. The minimum atomic E-state index is -4.83. The Morgan fingerprint density at radius 1 is 0.848 bits per heavy atom. The number of halogens is 4. The molecule has 1 aromatic heterocycles. The van der Waals surface area contributed by atoms with Crippen LogP contribution in [0.5, 0.6) is 5.75 Å². The number of benzene rings is 3. The number of hydrogen-bond donors (Lipinski definition) is 2. The van der Waals surface area contributed by atoms with Gasteiger partial charge in [-0.1, -0.05) is 35.9 Å². The molecule has 3 aromatic carbocycles. The zero-order valence-electron chi connectivity index (χ0n) is 16.6. The van der Waals surface area contributed by atoms with Crippen LogP contribution in [0.3, 0.4) is 0 Å². The maximum Gasteiger partial charge on any atom is 0.573 e. The number of ether oxygens (including phenoxy) is 1. The van der Waals surface area contributed by atoms with E-state index in [0.717, 1.165) is 12.1 Å². The first kappa shape index (κ1) is 22.2. The smallest absolute Gasteiger partial charge is 0.449 e. The monoisotopic (exact) mass is 474 g/mol. The van der Waals surface area contributed by atoms with Gasteiger partial charge in [0.2, 0.25) is 5.76 Å². The van der Waals surface area contributed by atoms with E-state index in [4.69, 9.17) is 16.0 Å². The molecule has 0 bridgehead atoms. The van der Waals surface area contributed by atoms with Gasteiger partial charge in [-0.25, -0.2) is 0 Å². The average molecular weight is 475 g/mol. The summed E-state index contributed by atoms with van der Waals surface area (Å²) in [6.45, 7) is 0. The number of para-hydroxylation sites is 1. The van der Waals surface area contributed by atoms with Gasteiger partial charge in [0.05, 0.1) is 10.6 Å². The van der Waals surface area contributed by atoms with Crippen LogP contribution < -0.4 is 15.4 Å². The summed E-state index contributed by atoms with van der Waals surface area (Å²) < 4.78 is 46.4. The van der Waals surface area contributed by atoms with Gasteiger partial charge in [-0.15, -0.1) is 13.2 Å². The number of carbonyl (C=O) groups excluding carboxylic acids is 2. The molecule has 0 radical (unpaired) electrons. The third-order valence-corrected chi connectivity index (χ3v) is 4.83. The predicted octanol–water partition coefficient (Wildman–Crippen LogP) is 6.49. The van der Waals surface area contributed by atoms with Crippen LogP contribution in [-0.2, 0) is 0 Å². The van der Waals surface area contributed by atoms with Gasteiger partial charge in [-0.2, -0.15) is 0 Å². The molecule has 4 rings (SSSR count). The van der Waals surface area contributed by atoms with Crippen LogP contribution >= 0.6 is 11.6 Å². The Hall–Kier alpha value is -3.98. The molecule has 168 valence electrons. The molecule has 0 aliphatic rings. The van der Waals surface area contributed by atoms with Gasteiger partial charge in [-0.05, 0) is 48.5 Å². The summed E-state index contributed by atoms with van der Waals surface area (Å²) in [5.74, 6) is -1.89. The van der Waals surface area contributed by atoms with Gasteiger partial charge in [0, 0.05) is 11.1 Å². The lowest BCUT2D eigenvalue weighted by Crippen LogP contribution is -2.18. The number of rotatable bonds is 5. The molecule has 10 heteroatoms. The van der Waals surface area contributed by atoms with Gasteiger partial charge >= 0.3 is 6.36 Å². The molecule has 33 heavy (non-hydrogen) atoms. The van der Waals surface area contributed by atoms with Gasteiger partial charge in [0.1, 0.15) is 17.0 Å². The molecular formula is C23H14ClF3N2O4. The summed E-state index contributed by atoms with van der Waals surface area (Å²) in [7, 11) is 0. The van der Waals surface area contributed by atoms with Crippen LogP contribution in [0.15, 0.2) is 77.2 Å². The van der Waals surface area contributed by atoms with Crippen molar-refractivity contribution in [2.24, 2.45) is 0 Å². The lowest BCUT2D eigenvalue weighted by Gasteiger charge is -2.10. The summed E-state index contributed by atoms with van der Waals surface area (Å²) in [6.07, 6.45) is -4.83. The maximum absolute atomic E-state index is 12.9. The number of anilines is 2. The molecule has 1 heterocycles. The van der Waals surface area contributed by atoms with E-state index in [9.17, 15) is 22.8 Å². The number of nitrogens with one attached hydrogen (secondary N) is 2. The van der Waals surface area contributed by atoms with Crippen molar-refractivity contribution in [1.82, 2.24) is 0 Å². The Balaban J connectivity index is 1.61. The Bertz CT molecular complexity index is 1330. The number of hydrogen-bond acceptors (Lipinski definition) is 4. The van der Waals surface area contributed by atoms with E-state index < -0.39 is 23.9 Å². The van der Waals surface area contributed by atoms with E-state index in [1.807, 2.05) is 0 Å². The minimum absolute atomic E-state index is 0.130. The van der Waals surface area contributed by atoms with E-state index in [1.165, 1.54) is 18.2 Å². The van der Waals surface area contributed by atoms with Crippen LogP contribution in [0.4, 0.5) is 24.5 Å². The topological polar surface area (TPSA) is 80.6 Å². The van der Waals surface area contributed by atoms with Crippen molar-refractivity contribution in [3.63, 3.8) is 0 Å². The third kappa shape index (κ3) is 5.09. The molecule has 0 aliphatic carbocycles.